The van der Waals surface area contributed by atoms with Crippen LogP contribution in [0.15, 0.2) is 28.7 Å². The number of rotatable bonds is 6. The number of likely N-dealkylation sites (N-methyl/N-ethyl adjacent to an activating group) is 1. The summed E-state index contributed by atoms with van der Waals surface area (Å²) in [5.74, 6) is 0. The molecular formula is C15H23BrN2. The molecule has 0 heterocycles. The molecule has 18 heavy (non-hydrogen) atoms. The van der Waals surface area contributed by atoms with Gasteiger partial charge in [0.15, 0.2) is 0 Å². The maximum absolute atomic E-state index is 6.38. The van der Waals surface area contributed by atoms with Crippen molar-refractivity contribution in [2.24, 2.45) is 5.73 Å². The maximum atomic E-state index is 6.38. The van der Waals surface area contributed by atoms with Gasteiger partial charge in [-0.25, -0.2) is 0 Å². The molecule has 1 aliphatic rings. The summed E-state index contributed by atoms with van der Waals surface area (Å²) in [5.41, 5.74) is 7.72. The molecule has 1 saturated carbocycles. The first-order valence-electron chi connectivity index (χ1n) is 6.94. The summed E-state index contributed by atoms with van der Waals surface area (Å²) in [6.45, 7) is 5.50. The monoisotopic (exact) mass is 310 g/mol. The molecule has 2 nitrogen and oxygen atoms in total. The van der Waals surface area contributed by atoms with Crippen LogP contribution in [0.3, 0.4) is 0 Å². The van der Waals surface area contributed by atoms with Gasteiger partial charge >= 0.3 is 0 Å². The standard InChI is InChI=1S/C15H23BrN2/c1-3-14(17)15(18(4-2)13-8-9-13)11-6-5-7-12(16)10-11/h5-7,10,13-15H,3-4,8-9,17H2,1-2H3. The van der Waals surface area contributed by atoms with Crippen molar-refractivity contribution in [1.82, 2.24) is 4.90 Å². The molecule has 0 aliphatic heterocycles. The fourth-order valence-electron chi connectivity index (χ4n) is 2.69. The van der Waals surface area contributed by atoms with Crippen LogP contribution < -0.4 is 5.73 Å². The lowest BCUT2D eigenvalue weighted by molar-refractivity contribution is 0.168. The largest absolute Gasteiger partial charge is 0.326 e. The second-order valence-corrected chi connectivity index (χ2v) is 6.05. The van der Waals surface area contributed by atoms with Gasteiger partial charge in [-0.1, -0.05) is 41.9 Å². The van der Waals surface area contributed by atoms with E-state index in [1.165, 1.54) is 18.4 Å². The van der Waals surface area contributed by atoms with E-state index in [1.807, 2.05) is 0 Å². The molecule has 0 spiro atoms. The lowest BCUT2D eigenvalue weighted by Gasteiger charge is -2.35. The molecule has 2 rings (SSSR count). The van der Waals surface area contributed by atoms with Crippen LogP contribution in [0.5, 0.6) is 0 Å². The molecular weight excluding hydrogens is 288 g/mol. The molecule has 1 fully saturated rings. The number of halogens is 1. The molecule has 2 unspecified atom stereocenters. The second kappa shape index (κ2) is 6.18. The topological polar surface area (TPSA) is 29.3 Å². The first-order valence-corrected chi connectivity index (χ1v) is 7.73. The third kappa shape index (κ3) is 3.14. The summed E-state index contributed by atoms with van der Waals surface area (Å²) in [5, 5.41) is 0. The van der Waals surface area contributed by atoms with Crippen LogP contribution in [0.4, 0.5) is 0 Å². The van der Waals surface area contributed by atoms with Gasteiger partial charge in [0.2, 0.25) is 0 Å². The Morgan fingerprint density at radius 3 is 2.61 bits per heavy atom. The van der Waals surface area contributed by atoms with Crippen LogP contribution in [0.2, 0.25) is 0 Å². The van der Waals surface area contributed by atoms with Gasteiger partial charge in [-0.3, -0.25) is 4.90 Å². The molecule has 0 radical (unpaired) electrons. The van der Waals surface area contributed by atoms with E-state index in [1.54, 1.807) is 0 Å². The number of hydrogen-bond acceptors (Lipinski definition) is 2. The normalized spacial score (nSPS) is 18.9. The molecule has 2 N–H and O–H groups in total. The summed E-state index contributed by atoms with van der Waals surface area (Å²) >= 11 is 3.57. The Balaban J connectivity index is 2.29. The highest BCUT2D eigenvalue weighted by Crippen LogP contribution is 2.36. The van der Waals surface area contributed by atoms with Crippen LogP contribution in [0, 0.1) is 0 Å². The summed E-state index contributed by atoms with van der Waals surface area (Å²) in [7, 11) is 0. The quantitative estimate of drug-likeness (QED) is 0.868. The minimum absolute atomic E-state index is 0.208. The zero-order valence-corrected chi connectivity index (χ0v) is 12.9. The third-order valence-electron chi connectivity index (χ3n) is 3.81. The van der Waals surface area contributed by atoms with Crippen molar-refractivity contribution >= 4 is 15.9 Å². The van der Waals surface area contributed by atoms with Crippen LogP contribution in [-0.2, 0) is 0 Å². The smallest absolute Gasteiger partial charge is 0.0502 e. The van der Waals surface area contributed by atoms with E-state index in [2.05, 4.69) is 58.9 Å². The fourth-order valence-corrected chi connectivity index (χ4v) is 3.10. The van der Waals surface area contributed by atoms with Gasteiger partial charge in [0.1, 0.15) is 0 Å². The fraction of sp³-hybridized carbons (Fsp3) is 0.600. The number of hydrogen-bond donors (Lipinski definition) is 1. The average molecular weight is 311 g/mol. The predicted molar refractivity (Wildman–Crippen MR) is 80.6 cm³/mol. The van der Waals surface area contributed by atoms with Crippen LogP contribution in [0.25, 0.3) is 0 Å². The Morgan fingerprint density at radius 1 is 1.39 bits per heavy atom. The van der Waals surface area contributed by atoms with Crippen molar-refractivity contribution in [3.63, 3.8) is 0 Å². The predicted octanol–water partition coefficient (Wildman–Crippen LogP) is 3.71. The molecule has 1 aromatic rings. The van der Waals surface area contributed by atoms with Gasteiger partial charge in [-0.2, -0.15) is 0 Å². The zero-order valence-electron chi connectivity index (χ0n) is 11.3. The van der Waals surface area contributed by atoms with Gasteiger partial charge in [-0.15, -0.1) is 0 Å². The zero-order chi connectivity index (χ0) is 13.1. The molecule has 1 aromatic carbocycles. The molecule has 100 valence electrons. The Labute approximate surface area is 119 Å². The Morgan fingerprint density at radius 2 is 2.11 bits per heavy atom. The van der Waals surface area contributed by atoms with Crippen LogP contribution >= 0.6 is 15.9 Å². The Bertz CT molecular complexity index is 390. The highest BCUT2D eigenvalue weighted by molar-refractivity contribution is 9.10. The average Bonchev–Trinajstić information content (AvgIpc) is 3.19. The minimum Gasteiger partial charge on any atom is -0.326 e. The van der Waals surface area contributed by atoms with E-state index >= 15 is 0 Å². The Hall–Kier alpha value is -0.380. The van der Waals surface area contributed by atoms with E-state index in [4.69, 9.17) is 5.73 Å². The molecule has 0 saturated heterocycles. The lowest BCUT2D eigenvalue weighted by Crippen LogP contribution is -2.42. The van der Waals surface area contributed by atoms with Crippen molar-refractivity contribution in [1.29, 1.82) is 0 Å². The molecule has 2 atom stereocenters. The highest BCUT2D eigenvalue weighted by atomic mass is 79.9. The van der Waals surface area contributed by atoms with Crippen molar-refractivity contribution < 1.29 is 0 Å². The first kappa shape index (κ1) is 14.0. The van der Waals surface area contributed by atoms with E-state index in [0.29, 0.717) is 6.04 Å². The van der Waals surface area contributed by atoms with Gasteiger partial charge in [0.05, 0.1) is 6.04 Å². The van der Waals surface area contributed by atoms with Gasteiger partial charge in [0, 0.05) is 16.6 Å². The third-order valence-corrected chi connectivity index (χ3v) is 4.30. The van der Waals surface area contributed by atoms with Gasteiger partial charge < -0.3 is 5.73 Å². The van der Waals surface area contributed by atoms with Crippen LogP contribution in [-0.4, -0.2) is 23.5 Å². The number of nitrogens with zero attached hydrogens (tertiary/aromatic N) is 1. The number of benzene rings is 1. The SMILES string of the molecule is CCC(N)C(c1cccc(Br)c1)N(CC)C1CC1. The summed E-state index contributed by atoms with van der Waals surface area (Å²) in [4.78, 5) is 2.58. The Kier molecular flexibility index (Phi) is 4.82. The van der Waals surface area contributed by atoms with Crippen molar-refractivity contribution in [3.05, 3.63) is 34.3 Å². The first-order chi connectivity index (χ1) is 8.67. The molecule has 0 aromatic heterocycles. The molecule has 3 heteroatoms. The van der Waals surface area contributed by atoms with Crippen molar-refractivity contribution in [2.75, 3.05) is 6.54 Å². The van der Waals surface area contributed by atoms with Crippen molar-refractivity contribution in [3.8, 4) is 0 Å². The van der Waals surface area contributed by atoms with E-state index in [9.17, 15) is 0 Å². The summed E-state index contributed by atoms with van der Waals surface area (Å²) in [6.07, 6.45) is 3.67. The number of nitrogens with two attached hydrogens (primary N) is 1. The summed E-state index contributed by atoms with van der Waals surface area (Å²) in [6, 6.07) is 9.91. The van der Waals surface area contributed by atoms with E-state index in [0.717, 1.165) is 23.5 Å². The molecule has 1 aliphatic carbocycles. The van der Waals surface area contributed by atoms with E-state index in [-0.39, 0.29) is 6.04 Å². The van der Waals surface area contributed by atoms with Crippen LogP contribution in [0.1, 0.15) is 44.7 Å². The molecule has 0 bridgehead atoms. The molecule has 0 amide bonds. The van der Waals surface area contributed by atoms with Crippen molar-refractivity contribution in [2.45, 2.75) is 51.2 Å². The van der Waals surface area contributed by atoms with Gasteiger partial charge in [-0.05, 0) is 43.5 Å². The summed E-state index contributed by atoms with van der Waals surface area (Å²) < 4.78 is 1.14. The van der Waals surface area contributed by atoms with Gasteiger partial charge in [0.25, 0.3) is 0 Å². The highest BCUT2D eigenvalue weighted by Gasteiger charge is 2.35. The van der Waals surface area contributed by atoms with E-state index < -0.39 is 0 Å². The maximum Gasteiger partial charge on any atom is 0.0502 e. The minimum atomic E-state index is 0.208. The second-order valence-electron chi connectivity index (χ2n) is 5.13. The lowest BCUT2D eigenvalue weighted by atomic mass is 9.96.